The predicted octanol–water partition coefficient (Wildman–Crippen LogP) is 2.18. The molecule has 4 nitrogen and oxygen atoms in total. The van der Waals surface area contributed by atoms with E-state index < -0.39 is 7.82 Å². The molecule has 1 N–H and O–H groups in total. The second-order valence-corrected chi connectivity index (χ2v) is 5.28. The minimum atomic E-state index is -3.83. The van der Waals surface area contributed by atoms with E-state index in [9.17, 15) is 4.57 Å². The third kappa shape index (κ3) is 4.21. The molecule has 74 valence electrons. The zero-order valence-corrected chi connectivity index (χ0v) is 9.09. The highest BCUT2D eigenvalue weighted by Gasteiger charge is 2.29. The molecule has 0 saturated carbocycles. The summed E-state index contributed by atoms with van der Waals surface area (Å²) in [4.78, 5) is 8.97. The number of phosphoric acid groups is 1. The van der Waals surface area contributed by atoms with Gasteiger partial charge in [0.25, 0.3) is 0 Å². The van der Waals surface area contributed by atoms with Gasteiger partial charge in [0.15, 0.2) is 0 Å². The molecule has 0 aliphatic heterocycles. The molecule has 0 bridgehead atoms. The SMILES string of the molecule is COP(=O)(O)OC(C)C(C)(C)C. The van der Waals surface area contributed by atoms with E-state index in [-0.39, 0.29) is 11.5 Å². The maximum absolute atomic E-state index is 11.0. The van der Waals surface area contributed by atoms with Crippen LogP contribution in [0.15, 0.2) is 0 Å². The van der Waals surface area contributed by atoms with Crippen molar-refractivity contribution >= 4 is 7.82 Å². The molecule has 0 aliphatic rings. The van der Waals surface area contributed by atoms with Gasteiger partial charge in [-0.3, -0.25) is 9.05 Å². The summed E-state index contributed by atoms with van der Waals surface area (Å²) >= 11 is 0. The average molecular weight is 196 g/mol. The van der Waals surface area contributed by atoms with E-state index in [0.717, 1.165) is 7.11 Å². The van der Waals surface area contributed by atoms with Crippen LogP contribution in [0, 0.1) is 5.41 Å². The Labute approximate surface area is 73.5 Å². The molecule has 0 aromatic rings. The van der Waals surface area contributed by atoms with Gasteiger partial charge in [-0.25, -0.2) is 4.57 Å². The number of hydrogen-bond donors (Lipinski definition) is 1. The molecule has 2 unspecified atom stereocenters. The van der Waals surface area contributed by atoms with Gasteiger partial charge in [-0.05, 0) is 12.3 Å². The minimum Gasteiger partial charge on any atom is -0.302 e. The van der Waals surface area contributed by atoms with Crippen LogP contribution in [0.25, 0.3) is 0 Å². The third-order valence-corrected chi connectivity index (χ3v) is 2.79. The van der Waals surface area contributed by atoms with Crippen molar-refractivity contribution in [3.8, 4) is 0 Å². The zero-order chi connectivity index (χ0) is 9.99. The molecule has 0 aromatic heterocycles. The molecule has 0 aliphatic carbocycles. The van der Waals surface area contributed by atoms with Crippen molar-refractivity contribution in [3.63, 3.8) is 0 Å². The largest absolute Gasteiger partial charge is 0.472 e. The van der Waals surface area contributed by atoms with Gasteiger partial charge in [-0.15, -0.1) is 0 Å². The smallest absolute Gasteiger partial charge is 0.302 e. The summed E-state index contributed by atoms with van der Waals surface area (Å²) in [6, 6.07) is 0. The van der Waals surface area contributed by atoms with E-state index >= 15 is 0 Å². The van der Waals surface area contributed by atoms with Crippen LogP contribution < -0.4 is 0 Å². The summed E-state index contributed by atoms with van der Waals surface area (Å²) in [7, 11) is -2.68. The van der Waals surface area contributed by atoms with Crippen LogP contribution in [0.2, 0.25) is 0 Å². The van der Waals surface area contributed by atoms with Crippen LogP contribution in [0.4, 0.5) is 0 Å². The van der Waals surface area contributed by atoms with Gasteiger partial charge in [0, 0.05) is 7.11 Å². The van der Waals surface area contributed by atoms with Crippen LogP contribution in [0.5, 0.6) is 0 Å². The van der Waals surface area contributed by atoms with E-state index in [2.05, 4.69) is 4.52 Å². The van der Waals surface area contributed by atoms with Crippen molar-refractivity contribution in [2.24, 2.45) is 5.41 Å². The summed E-state index contributed by atoms with van der Waals surface area (Å²) < 4.78 is 20.1. The number of hydrogen-bond acceptors (Lipinski definition) is 3. The van der Waals surface area contributed by atoms with Gasteiger partial charge in [-0.1, -0.05) is 20.8 Å². The molecular weight excluding hydrogens is 179 g/mol. The van der Waals surface area contributed by atoms with Crippen LogP contribution in [-0.4, -0.2) is 18.1 Å². The molecule has 0 amide bonds. The zero-order valence-electron chi connectivity index (χ0n) is 8.20. The lowest BCUT2D eigenvalue weighted by Gasteiger charge is -2.27. The van der Waals surface area contributed by atoms with Crippen molar-refractivity contribution in [2.75, 3.05) is 7.11 Å². The van der Waals surface area contributed by atoms with E-state index in [0.29, 0.717) is 0 Å². The summed E-state index contributed by atoms with van der Waals surface area (Å²) in [5.74, 6) is 0. The van der Waals surface area contributed by atoms with Gasteiger partial charge in [-0.2, -0.15) is 0 Å². The van der Waals surface area contributed by atoms with Gasteiger partial charge in [0.1, 0.15) is 0 Å². The fourth-order valence-electron chi connectivity index (χ4n) is 0.401. The highest BCUT2D eigenvalue weighted by atomic mass is 31.2. The second-order valence-electron chi connectivity index (χ2n) is 3.76. The van der Waals surface area contributed by atoms with Gasteiger partial charge >= 0.3 is 7.82 Å². The van der Waals surface area contributed by atoms with Gasteiger partial charge in [0.05, 0.1) is 6.10 Å². The molecule has 0 rings (SSSR count). The van der Waals surface area contributed by atoms with Crippen molar-refractivity contribution in [1.82, 2.24) is 0 Å². The van der Waals surface area contributed by atoms with E-state index in [1.54, 1.807) is 6.92 Å². The van der Waals surface area contributed by atoms with E-state index in [1.807, 2.05) is 20.8 Å². The van der Waals surface area contributed by atoms with Crippen LogP contribution in [-0.2, 0) is 13.6 Å². The van der Waals surface area contributed by atoms with Crippen LogP contribution in [0.3, 0.4) is 0 Å². The maximum atomic E-state index is 11.0. The lowest BCUT2D eigenvalue weighted by molar-refractivity contribution is 0.0594. The second kappa shape index (κ2) is 3.88. The fraction of sp³-hybridized carbons (Fsp3) is 1.00. The first kappa shape index (κ1) is 12.1. The number of phosphoric ester groups is 1. The van der Waals surface area contributed by atoms with Gasteiger partial charge in [0.2, 0.25) is 0 Å². The Hall–Kier alpha value is 0.110. The summed E-state index contributed by atoms with van der Waals surface area (Å²) in [6.45, 7) is 7.51. The van der Waals surface area contributed by atoms with Gasteiger partial charge < -0.3 is 4.89 Å². The summed E-state index contributed by atoms with van der Waals surface area (Å²) in [5.41, 5.74) is -0.170. The first-order chi connectivity index (χ1) is 5.19. The van der Waals surface area contributed by atoms with Crippen molar-refractivity contribution in [3.05, 3.63) is 0 Å². The quantitative estimate of drug-likeness (QED) is 0.703. The highest BCUT2D eigenvalue weighted by molar-refractivity contribution is 7.47. The summed E-state index contributed by atoms with van der Waals surface area (Å²) in [6.07, 6.45) is -0.326. The first-order valence-corrected chi connectivity index (χ1v) is 5.25. The van der Waals surface area contributed by atoms with E-state index in [4.69, 9.17) is 9.42 Å². The standard InChI is InChI=1S/C7H17O4P/c1-6(7(2,3)4)11-12(8,9)10-5/h6H,1-5H3,(H,8,9). The Morgan fingerprint density at radius 3 is 2.08 bits per heavy atom. The molecule has 12 heavy (non-hydrogen) atoms. The van der Waals surface area contributed by atoms with Crippen molar-refractivity contribution < 1.29 is 18.5 Å². The molecule has 0 fully saturated rings. The minimum absolute atomic E-state index is 0.170. The Bertz CT molecular complexity index is 184. The Kier molecular flexibility index (Phi) is 3.91. The molecule has 0 radical (unpaired) electrons. The lowest BCUT2D eigenvalue weighted by Crippen LogP contribution is -2.25. The molecule has 2 atom stereocenters. The first-order valence-electron chi connectivity index (χ1n) is 3.76. The fourth-order valence-corrected chi connectivity index (χ4v) is 1.20. The molecule has 5 heteroatoms. The molecular formula is C7H17O4P. The Morgan fingerprint density at radius 1 is 1.42 bits per heavy atom. The maximum Gasteiger partial charge on any atom is 0.472 e. The molecule has 0 saturated heterocycles. The molecule has 0 spiro atoms. The lowest BCUT2D eigenvalue weighted by atomic mass is 9.91. The average Bonchev–Trinajstić information content (AvgIpc) is 1.85. The molecule has 0 aromatic carbocycles. The highest BCUT2D eigenvalue weighted by Crippen LogP contribution is 2.46. The summed E-state index contributed by atoms with van der Waals surface area (Å²) in [5, 5.41) is 0. The normalized spacial score (nSPS) is 20.2. The van der Waals surface area contributed by atoms with Crippen molar-refractivity contribution in [2.45, 2.75) is 33.8 Å². The van der Waals surface area contributed by atoms with Crippen molar-refractivity contribution in [1.29, 1.82) is 0 Å². The number of rotatable bonds is 3. The topological polar surface area (TPSA) is 55.8 Å². The van der Waals surface area contributed by atoms with Crippen LogP contribution >= 0.6 is 7.82 Å². The predicted molar refractivity (Wildman–Crippen MR) is 46.8 cm³/mol. The van der Waals surface area contributed by atoms with Crippen LogP contribution in [0.1, 0.15) is 27.7 Å². The Morgan fingerprint density at radius 2 is 1.83 bits per heavy atom. The van der Waals surface area contributed by atoms with E-state index in [1.165, 1.54) is 0 Å². The molecule has 0 heterocycles. The monoisotopic (exact) mass is 196 g/mol. The third-order valence-electron chi connectivity index (χ3n) is 1.74. The Balaban J connectivity index is 4.19.